The van der Waals surface area contributed by atoms with Gasteiger partial charge in [0.2, 0.25) is 0 Å². The lowest BCUT2D eigenvalue weighted by molar-refractivity contribution is 0.251. The summed E-state index contributed by atoms with van der Waals surface area (Å²) in [5, 5.41) is 12.0. The molecule has 5 nitrogen and oxygen atoms in total. The number of amidine groups is 1. The van der Waals surface area contributed by atoms with Gasteiger partial charge >= 0.3 is 6.03 Å². The minimum atomic E-state index is -0.525. The number of rotatable bonds is 4. The van der Waals surface area contributed by atoms with Crippen LogP contribution in [0.25, 0.3) is 0 Å². The van der Waals surface area contributed by atoms with Gasteiger partial charge < -0.3 is 16.4 Å². The minimum absolute atomic E-state index is 0.00353. The number of para-hydroxylation sites is 1. The highest BCUT2D eigenvalue weighted by molar-refractivity contribution is 5.89. The summed E-state index contributed by atoms with van der Waals surface area (Å²) < 4.78 is 13.2. The van der Waals surface area contributed by atoms with Crippen molar-refractivity contribution < 1.29 is 9.18 Å². The second-order valence-electron chi connectivity index (χ2n) is 3.67. The number of nitrogens with two attached hydrogens (primary N) is 1. The summed E-state index contributed by atoms with van der Waals surface area (Å²) in [6.07, 6.45) is 0. The molecule has 0 aliphatic rings. The number of nitrogens with one attached hydrogen (secondary N) is 3. The van der Waals surface area contributed by atoms with Gasteiger partial charge in [0.25, 0.3) is 0 Å². The molecule has 0 fully saturated rings. The molecule has 1 unspecified atom stereocenters. The van der Waals surface area contributed by atoms with Crippen LogP contribution in [-0.2, 0) is 0 Å². The molecule has 1 atom stereocenters. The molecule has 92 valence electrons. The third-order valence-electron chi connectivity index (χ3n) is 2.22. The zero-order chi connectivity index (χ0) is 12.8. The van der Waals surface area contributed by atoms with Crippen LogP contribution in [0.2, 0.25) is 0 Å². The normalized spacial score (nSPS) is 11.6. The van der Waals surface area contributed by atoms with Gasteiger partial charge in [-0.1, -0.05) is 19.1 Å². The molecule has 0 aliphatic heterocycles. The molecule has 1 aromatic carbocycles. The summed E-state index contributed by atoms with van der Waals surface area (Å²) in [5.41, 5.74) is 5.36. The van der Waals surface area contributed by atoms with Crippen molar-refractivity contribution in [2.45, 2.75) is 6.92 Å². The lowest BCUT2D eigenvalue weighted by Gasteiger charge is -2.12. The highest BCUT2D eigenvalue weighted by Gasteiger charge is 2.09. The summed E-state index contributed by atoms with van der Waals surface area (Å²) in [4.78, 5) is 11.4. The maximum Gasteiger partial charge on any atom is 0.319 e. The van der Waals surface area contributed by atoms with Crippen molar-refractivity contribution in [3.05, 3.63) is 30.1 Å². The molecule has 6 heteroatoms. The van der Waals surface area contributed by atoms with E-state index in [4.69, 9.17) is 11.1 Å². The Morgan fingerprint density at radius 2 is 2.18 bits per heavy atom. The van der Waals surface area contributed by atoms with E-state index in [-0.39, 0.29) is 24.0 Å². The highest BCUT2D eigenvalue weighted by atomic mass is 19.1. The van der Waals surface area contributed by atoms with Crippen molar-refractivity contribution in [3.63, 3.8) is 0 Å². The maximum absolute atomic E-state index is 13.2. The standard InChI is InChI=1S/C11H15FN4O/c1-7(10(13)14)6-15-11(17)16-9-5-3-2-4-8(9)12/h2-5,7H,6H2,1H3,(H3,13,14)(H2,15,16,17). The summed E-state index contributed by atoms with van der Waals surface area (Å²) in [7, 11) is 0. The Kier molecular flexibility index (Phi) is 4.45. The Hall–Kier alpha value is -2.11. The first-order chi connectivity index (χ1) is 8.00. The molecule has 5 N–H and O–H groups in total. The zero-order valence-electron chi connectivity index (χ0n) is 9.46. The van der Waals surface area contributed by atoms with Gasteiger partial charge in [-0.3, -0.25) is 5.41 Å². The second kappa shape index (κ2) is 5.83. The van der Waals surface area contributed by atoms with Crippen LogP contribution in [0, 0.1) is 17.1 Å². The maximum atomic E-state index is 13.2. The van der Waals surface area contributed by atoms with Crippen LogP contribution in [-0.4, -0.2) is 18.4 Å². The first kappa shape index (κ1) is 13.0. The monoisotopic (exact) mass is 238 g/mol. The summed E-state index contributed by atoms with van der Waals surface area (Å²) in [5.74, 6) is -0.750. The van der Waals surface area contributed by atoms with Crippen molar-refractivity contribution in [2.75, 3.05) is 11.9 Å². The van der Waals surface area contributed by atoms with Gasteiger partial charge in [0.15, 0.2) is 0 Å². The van der Waals surface area contributed by atoms with Crippen molar-refractivity contribution in [1.29, 1.82) is 5.41 Å². The fourth-order valence-electron chi connectivity index (χ4n) is 1.08. The van der Waals surface area contributed by atoms with Crippen LogP contribution in [0.3, 0.4) is 0 Å². The third-order valence-corrected chi connectivity index (χ3v) is 2.22. The molecule has 0 saturated carbocycles. The Balaban J connectivity index is 2.46. The van der Waals surface area contributed by atoms with Gasteiger partial charge in [-0.05, 0) is 12.1 Å². The average Bonchev–Trinajstić information content (AvgIpc) is 2.29. The summed E-state index contributed by atoms with van der Waals surface area (Å²) in [6, 6.07) is 5.35. The van der Waals surface area contributed by atoms with Gasteiger partial charge in [-0.15, -0.1) is 0 Å². The molecular formula is C11H15FN4O. The number of carbonyl (C=O) groups excluding carboxylic acids is 1. The zero-order valence-corrected chi connectivity index (χ0v) is 9.46. The van der Waals surface area contributed by atoms with Gasteiger partial charge in [0, 0.05) is 12.5 Å². The van der Waals surface area contributed by atoms with E-state index in [1.807, 2.05) is 0 Å². The van der Waals surface area contributed by atoms with Crippen LogP contribution in [0.1, 0.15) is 6.92 Å². The quantitative estimate of drug-likeness (QED) is 0.473. The van der Waals surface area contributed by atoms with E-state index in [0.29, 0.717) is 0 Å². The van der Waals surface area contributed by atoms with E-state index >= 15 is 0 Å². The molecule has 0 radical (unpaired) electrons. The van der Waals surface area contributed by atoms with Crippen molar-refractivity contribution >= 4 is 17.6 Å². The van der Waals surface area contributed by atoms with E-state index in [2.05, 4.69) is 10.6 Å². The molecule has 0 saturated heterocycles. The molecule has 1 rings (SSSR count). The lowest BCUT2D eigenvalue weighted by Crippen LogP contribution is -2.36. The van der Waals surface area contributed by atoms with E-state index in [1.54, 1.807) is 13.0 Å². The number of amides is 2. The first-order valence-electron chi connectivity index (χ1n) is 5.14. The number of hydrogen-bond donors (Lipinski definition) is 4. The fourth-order valence-corrected chi connectivity index (χ4v) is 1.08. The summed E-state index contributed by atoms with van der Waals surface area (Å²) >= 11 is 0. The number of benzene rings is 1. The van der Waals surface area contributed by atoms with Gasteiger partial charge in [0.05, 0.1) is 11.5 Å². The Bertz CT molecular complexity index is 422. The van der Waals surface area contributed by atoms with Crippen LogP contribution in [0.15, 0.2) is 24.3 Å². The number of urea groups is 1. The number of carbonyl (C=O) groups is 1. The predicted molar refractivity (Wildman–Crippen MR) is 64.5 cm³/mol. The number of hydrogen-bond acceptors (Lipinski definition) is 2. The smallest absolute Gasteiger partial charge is 0.319 e. The average molecular weight is 238 g/mol. The van der Waals surface area contributed by atoms with Crippen molar-refractivity contribution in [1.82, 2.24) is 5.32 Å². The topological polar surface area (TPSA) is 91.0 Å². The van der Waals surface area contributed by atoms with E-state index < -0.39 is 11.8 Å². The molecule has 17 heavy (non-hydrogen) atoms. The van der Waals surface area contributed by atoms with E-state index in [1.165, 1.54) is 18.2 Å². The molecule has 2 amide bonds. The van der Waals surface area contributed by atoms with E-state index in [0.717, 1.165) is 0 Å². The number of halogens is 1. The van der Waals surface area contributed by atoms with Gasteiger partial charge in [0.1, 0.15) is 5.82 Å². The minimum Gasteiger partial charge on any atom is -0.387 e. The molecule has 0 aliphatic carbocycles. The van der Waals surface area contributed by atoms with E-state index in [9.17, 15) is 9.18 Å². The molecule has 0 heterocycles. The molecule has 0 aromatic heterocycles. The summed E-state index contributed by atoms with van der Waals surface area (Å²) in [6.45, 7) is 1.95. The molecule has 0 spiro atoms. The Morgan fingerprint density at radius 1 is 1.53 bits per heavy atom. The van der Waals surface area contributed by atoms with Gasteiger partial charge in [-0.2, -0.15) is 0 Å². The van der Waals surface area contributed by atoms with Gasteiger partial charge in [-0.25, -0.2) is 9.18 Å². The largest absolute Gasteiger partial charge is 0.387 e. The Morgan fingerprint density at radius 3 is 2.76 bits per heavy atom. The van der Waals surface area contributed by atoms with Crippen LogP contribution < -0.4 is 16.4 Å². The fraction of sp³-hybridized carbons (Fsp3) is 0.273. The van der Waals surface area contributed by atoms with Crippen LogP contribution >= 0.6 is 0 Å². The van der Waals surface area contributed by atoms with Crippen molar-refractivity contribution in [2.24, 2.45) is 11.7 Å². The second-order valence-corrected chi connectivity index (χ2v) is 3.67. The highest BCUT2D eigenvalue weighted by Crippen LogP contribution is 2.11. The van der Waals surface area contributed by atoms with Crippen LogP contribution in [0.5, 0.6) is 0 Å². The molecular weight excluding hydrogens is 223 g/mol. The van der Waals surface area contributed by atoms with Crippen molar-refractivity contribution in [3.8, 4) is 0 Å². The first-order valence-corrected chi connectivity index (χ1v) is 5.14. The third kappa shape index (κ3) is 4.10. The SMILES string of the molecule is CC(CNC(=O)Nc1ccccc1F)C(=N)N. The molecule has 0 bridgehead atoms. The van der Waals surface area contributed by atoms with Crippen LogP contribution in [0.4, 0.5) is 14.9 Å². The predicted octanol–water partition coefficient (Wildman–Crippen LogP) is 1.52. The Labute approximate surface area is 98.7 Å². The molecule has 1 aromatic rings. The number of anilines is 1. The lowest BCUT2D eigenvalue weighted by atomic mass is 10.1.